The Hall–Kier alpha value is -3.67. The van der Waals surface area contributed by atoms with Crippen molar-refractivity contribution in [2.45, 2.75) is 13.0 Å². The van der Waals surface area contributed by atoms with Crippen LogP contribution in [0, 0.1) is 0 Å². The molecule has 148 valence electrons. The van der Waals surface area contributed by atoms with E-state index < -0.39 is 6.04 Å². The molecule has 1 aliphatic heterocycles. The van der Waals surface area contributed by atoms with Gasteiger partial charge in [0, 0.05) is 11.8 Å². The Morgan fingerprint density at radius 1 is 1.00 bits per heavy atom. The highest BCUT2D eigenvalue weighted by atomic mass is 16.7. The molecule has 0 aromatic heterocycles. The summed E-state index contributed by atoms with van der Waals surface area (Å²) >= 11 is 0. The lowest BCUT2D eigenvalue weighted by atomic mass is 10.1. The summed E-state index contributed by atoms with van der Waals surface area (Å²) in [7, 11) is 0. The molecule has 0 saturated heterocycles. The number of nitrogens with one attached hydrogen (secondary N) is 2. The number of hydrogen-bond donors (Lipinski definition) is 2. The molecular weight excluding hydrogens is 368 g/mol. The zero-order valence-corrected chi connectivity index (χ0v) is 16.1. The lowest BCUT2D eigenvalue weighted by Gasteiger charge is -2.21. The van der Waals surface area contributed by atoms with Gasteiger partial charge in [0.2, 0.25) is 6.79 Å². The van der Waals surface area contributed by atoms with Crippen LogP contribution in [0.5, 0.6) is 17.2 Å². The molecule has 3 aromatic rings. The molecule has 1 heterocycles. The van der Waals surface area contributed by atoms with E-state index in [0.717, 1.165) is 11.3 Å². The van der Waals surface area contributed by atoms with Crippen molar-refractivity contribution in [1.29, 1.82) is 0 Å². The van der Waals surface area contributed by atoms with Gasteiger partial charge in [-0.1, -0.05) is 42.5 Å². The molecule has 4 rings (SSSR count). The van der Waals surface area contributed by atoms with E-state index in [1.54, 1.807) is 0 Å². The second kappa shape index (κ2) is 8.56. The molecule has 1 atom stereocenters. The highest BCUT2D eigenvalue weighted by molar-refractivity contribution is 5.98. The van der Waals surface area contributed by atoms with Crippen molar-refractivity contribution in [3.8, 4) is 17.2 Å². The zero-order chi connectivity index (χ0) is 20.1. The number of para-hydroxylation sites is 2. The van der Waals surface area contributed by atoms with Gasteiger partial charge in [0.25, 0.3) is 5.91 Å². The largest absolute Gasteiger partial charge is 0.492 e. The van der Waals surface area contributed by atoms with Gasteiger partial charge in [-0.05, 0) is 36.8 Å². The smallest absolute Gasteiger partial charge is 0.251 e. The maximum absolute atomic E-state index is 13.2. The summed E-state index contributed by atoms with van der Waals surface area (Å²) in [6.07, 6.45) is 0. The molecule has 0 aliphatic carbocycles. The Kier molecular flexibility index (Phi) is 5.52. The van der Waals surface area contributed by atoms with Crippen LogP contribution in [0.4, 0.5) is 11.4 Å². The van der Waals surface area contributed by atoms with E-state index in [1.165, 1.54) is 0 Å². The molecule has 1 amide bonds. The molecule has 0 saturated carbocycles. The molecule has 29 heavy (non-hydrogen) atoms. The number of amides is 1. The van der Waals surface area contributed by atoms with Crippen molar-refractivity contribution >= 4 is 17.3 Å². The van der Waals surface area contributed by atoms with Crippen molar-refractivity contribution in [2.75, 3.05) is 24.0 Å². The number of carbonyl (C=O) groups excluding carboxylic acids is 1. The Labute approximate surface area is 169 Å². The third-order valence-corrected chi connectivity index (χ3v) is 4.52. The van der Waals surface area contributed by atoms with Gasteiger partial charge < -0.3 is 24.8 Å². The first-order valence-corrected chi connectivity index (χ1v) is 9.48. The fourth-order valence-corrected chi connectivity index (χ4v) is 3.15. The van der Waals surface area contributed by atoms with E-state index in [4.69, 9.17) is 14.2 Å². The Bertz CT molecular complexity index is 991. The molecule has 0 fully saturated rings. The highest BCUT2D eigenvalue weighted by Crippen LogP contribution is 2.35. The zero-order valence-electron chi connectivity index (χ0n) is 16.1. The number of ether oxygens (including phenoxy) is 3. The van der Waals surface area contributed by atoms with Gasteiger partial charge in [-0.3, -0.25) is 4.79 Å². The fourth-order valence-electron chi connectivity index (χ4n) is 3.15. The predicted octanol–water partition coefficient (Wildman–Crippen LogP) is 4.61. The molecule has 1 unspecified atom stereocenters. The number of benzene rings is 3. The second-order valence-electron chi connectivity index (χ2n) is 6.47. The summed E-state index contributed by atoms with van der Waals surface area (Å²) in [5.41, 5.74) is 2.24. The molecular formula is C23H22N2O4. The van der Waals surface area contributed by atoms with Crippen LogP contribution in [-0.2, 0) is 4.79 Å². The molecule has 3 aromatic carbocycles. The van der Waals surface area contributed by atoms with Crippen LogP contribution in [0.1, 0.15) is 18.5 Å². The SMILES string of the molecule is CCOc1ccccc1NC(=O)C(Nc1ccc2c(c1)OCO2)c1ccccc1. The number of fused-ring (bicyclic) bond motifs is 1. The molecule has 1 aliphatic rings. The van der Waals surface area contributed by atoms with Crippen LogP contribution in [0.2, 0.25) is 0 Å². The van der Waals surface area contributed by atoms with Gasteiger partial charge in [-0.25, -0.2) is 0 Å². The number of carbonyl (C=O) groups is 1. The normalized spacial score (nSPS) is 12.9. The minimum Gasteiger partial charge on any atom is -0.492 e. The molecule has 6 nitrogen and oxygen atoms in total. The van der Waals surface area contributed by atoms with Crippen LogP contribution in [0.3, 0.4) is 0 Å². The highest BCUT2D eigenvalue weighted by Gasteiger charge is 2.23. The first-order chi connectivity index (χ1) is 14.2. The standard InChI is InChI=1S/C23H22N2O4/c1-2-27-19-11-7-6-10-18(19)25-23(26)22(16-8-4-3-5-9-16)24-17-12-13-20-21(14-17)29-15-28-20/h3-14,22,24H,2,15H2,1H3,(H,25,26). The summed E-state index contributed by atoms with van der Waals surface area (Å²) in [4.78, 5) is 13.2. The van der Waals surface area contributed by atoms with Gasteiger partial charge in [0.1, 0.15) is 11.8 Å². The van der Waals surface area contributed by atoms with Gasteiger partial charge in [0.15, 0.2) is 11.5 Å². The van der Waals surface area contributed by atoms with E-state index in [1.807, 2.05) is 79.7 Å². The maximum atomic E-state index is 13.2. The van der Waals surface area contributed by atoms with Crippen LogP contribution in [0.15, 0.2) is 72.8 Å². The summed E-state index contributed by atoms with van der Waals surface area (Å²) < 4.78 is 16.4. The third-order valence-electron chi connectivity index (χ3n) is 4.52. The van der Waals surface area contributed by atoms with E-state index in [2.05, 4.69) is 10.6 Å². The number of rotatable bonds is 7. The Morgan fingerprint density at radius 3 is 2.59 bits per heavy atom. The first kappa shape index (κ1) is 18.7. The van der Waals surface area contributed by atoms with E-state index >= 15 is 0 Å². The van der Waals surface area contributed by atoms with Crippen molar-refractivity contribution in [3.05, 3.63) is 78.4 Å². The van der Waals surface area contributed by atoms with Crippen LogP contribution in [-0.4, -0.2) is 19.3 Å². The maximum Gasteiger partial charge on any atom is 0.251 e. The number of hydrogen-bond acceptors (Lipinski definition) is 5. The van der Waals surface area contributed by atoms with Crippen LogP contribution < -0.4 is 24.8 Å². The summed E-state index contributed by atoms with van der Waals surface area (Å²) in [5.74, 6) is 1.80. The van der Waals surface area contributed by atoms with Crippen molar-refractivity contribution in [2.24, 2.45) is 0 Å². The van der Waals surface area contributed by atoms with Gasteiger partial charge in [-0.15, -0.1) is 0 Å². The fraction of sp³-hybridized carbons (Fsp3) is 0.174. The quantitative estimate of drug-likeness (QED) is 0.617. The Morgan fingerprint density at radius 2 is 1.76 bits per heavy atom. The summed E-state index contributed by atoms with van der Waals surface area (Å²) in [5, 5.41) is 6.29. The van der Waals surface area contributed by atoms with Crippen molar-refractivity contribution in [3.63, 3.8) is 0 Å². The average Bonchev–Trinajstić information content (AvgIpc) is 3.22. The predicted molar refractivity (Wildman–Crippen MR) is 112 cm³/mol. The topological polar surface area (TPSA) is 68.8 Å². The molecule has 6 heteroatoms. The first-order valence-electron chi connectivity index (χ1n) is 9.48. The average molecular weight is 390 g/mol. The molecule has 2 N–H and O–H groups in total. The summed E-state index contributed by atoms with van der Waals surface area (Å²) in [6, 6.07) is 21.9. The second-order valence-corrected chi connectivity index (χ2v) is 6.47. The van der Waals surface area contributed by atoms with Crippen molar-refractivity contribution in [1.82, 2.24) is 0 Å². The van der Waals surface area contributed by atoms with Gasteiger partial charge in [-0.2, -0.15) is 0 Å². The summed E-state index contributed by atoms with van der Waals surface area (Å²) in [6.45, 7) is 2.63. The number of anilines is 2. The van der Waals surface area contributed by atoms with E-state index in [-0.39, 0.29) is 12.7 Å². The minimum absolute atomic E-state index is 0.194. The molecule has 0 radical (unpaired) electrons. The Balaban J connectivity index is 1.60. The monoisotopic (exact) mass is 390 g/mol. The van der Waals surface area contributed by atoms with Crippen molar-refractivity contribution < 1.29 is 19.0 Å². The molecule has 0 spiro atoms. The lowest BCUT2D eigenvalue weighted by molar-refractivity contribution is -0.117. The minimum atomic E-state index is -0.605. The van der Waals surface area contributed by atoms with Gasteiger partial charge >= 0.3 is 0 Å². The van der Waals surface area contributed by atoms with Crippen LogP contribution in [0.25, 0.3) is 0 Å². The third kappa shape index (κ3) is 4.27. The molecule has 0 bridgehead atoms. The van der Waals surface area contributed by atoms with E-state index in [0.29, 0.717) is 29.5 Å². The van der Waals surface area contributed by atoms with E-state index in [9.17, 15) is 4.79 Å². The van der Waals surface area contributed by atoms with Crippen LogP contribution >= 0.6 is 0 Å². The van der Waals surface area contributed by atoms with Gasteiger partial charge in [0.05, 0.1) is 12.3 Å². The lowest BCUT2D eigenvalue weighted by Crippen LogP contribution is -2.27.